The molecule has 1 aromatic heterocycles. The Morgan fingerprint density at radius 1 is 1.54 bits per heavy atom. The van der Waals surface area contributed by atoms with Crippen LogP contribution in [0, 0.1) is 5.82 Å². The quantitative estimate of drug-likeness (QED) is 0.553. The minimum atomic E-state index is -3.28. The first-order valence-electron chi connectivity index (χ1n) is 3.16. The molecular weight excluding hydrogens is 207 g/mol. The number of alkyl halides is 2. The summed E-state index contributed by atoms with van der Waals surface area (Å²) in [6.45, 7) is 0. The number of carbonyl (C=O) groups excluding carboxylic acids is 1. The summed E-state index contributed by atoms with van der Waals surface area (Å²) in [6, 6.07) is 0.793. The van der Waals surface area contributed by atoms with Crippen molar-refractivity contribution in [2.24, 2.45) is 0 Å². The van der Waals surface area contributed by atoms with Crippen LogP contribution in [0.5, 0.6) is 0 Å². The summed E-state index contributed by atoms with van der Waals surface area (Å²) in [6.07, 6.45) is -2.30. The van der Waals surface area contributed by atoms with Gasteiger partial charge in [0.2, 0.25) is 5.78 Å². The summed E-state index contributed by atoms with van der Waals surface area (Å²) in [5.74, 6) is -2.75. The van der Waals surface area contributed by atoms with E-state index in [4.69, 9.17) is 11.6 Å². The summed E-state index contributed by atoms with van der Waals surface area (Å²) >= 11 is 5.26. The van der Waals surface area contributed by atoms with Gasteiger partial charge in [-0.1, -0.05) is 11.6 Å². The van der Waals surface area contributed by atoms with E-state index in [1.54, 1.807) is 0 Å². The van der Waals surface area contributed by atoms with Crippen molar-refractivity contribution in [1.29, 1.82) is 0 Å². The Hall–Kier alpha value is -1.10. The van der Waals surface area contributed by atoms with Crippen molar-refractivity contribution in [3.8, 4) is 0 Å². The Balaban J connectivity index is 3.20. The molecule has 0 aliphatic rings. The van der Waals surface area contributed by atoms with Crippen LogP contribution in [-0.2, 0) is 0 Å². The first kappa shape index (κ1) is 9.98. The zero-order valence-electron chi connectivity index (χ0n) is 6.10. The first-order chi connectivity index (χ1) is 6.04. The normalized spacial score (nSPS) is 10.5. The van der Waals surface area contributed by atoms with E-state index in [9.17, 15) is 18.0 Å². The van der Waals surface area contributed by atoms with E-state index in [0.29, 0.717) is 0 Å². The van der Waals surface area contributed by atoms with Gasteiger partial charge in [-0.2, -0.15) is 0 Å². The van der Waals surface area contributed by atoms with Gasteiger partial charge in [0, 0.05) is 6.20 Å². The molecule has 1 heterocycles. The molecule has 1 aromatic rings. The molecule has 0 aliphatic carbocycles. The van der Waals surface area contributed by atoms with Crippen LogP contribution >= 0.6 is 11.6 Å². The maximum Gasteiger partial charge on any atom is 0.300 e. The molecule has 0 N–H and O–H groups in total. The predicted molar refractivity (Wildman–Crippen MR) is 39.5 cm³/mol. The highest BCUT2D eigenvalue weighted by molar-refractivity contribution is 6.32. The number of rotatable bonds is 2. The van der Waals surface area contributed by atoms with E-state index in [2.05, 4.69) is 4.98 Å². The minimum Gasteiger partial charge on any atom is -0.287 e. The third-order valence-corrected chi connectivity index (χ3v) is 1.59. The van der Waals surface area contributed by atoms with Crippen LogP contribution in [0.1, 0.15) is 10.4 Å². The van der Waals surface area contributed by atoms with E-state index in [-0.39, 0.29) is 0 Å². The first-order valence-corrected chi connectivity index (χ1v) is 3.54. The molecule has 0 spiro atoms. The molecule has 2 nitrogen and oxygen atoms in total. The van der Waals surface area contributed by atoms with Gasteiger partial charge in [-0.15, -0.1) is 0 Å². The maximum absolute atomic E-state index is 12.8. The Morgan fingerprint density at radius 2 is 2.15 bits per heavy atom. The molecule has 0 unspecified atom stereocenters. The Kier molecular flexibility index (Phi) is 2.87. The topological polar surface area (TPSA) is 30.0 Å². The number of hydrogen-bond donors (Lipinski definition) is 0. The lowest BCUT2D eigenvalue weighted by Gasteiger charge is -2.01. The fourth-order valence-electron chi connectivity index (χ4n) is 0.743. The molecule has 1 rings (SSSR count). The minimum absolute atomic E-state index is 0.551. The van der Waals surface area contributed by atoms with E-state index < -0.39 is 28.7 Å². The van der Waals surface area contributed by atoms with Crippen LogP contribution < -0.4 is 0 Å². The number of aromatic nitrogens is 1. The van der Waals surface area contributed by atoms with Gasteiger partial charge in [0.05, 0.1) is 5.56 Å². The summed E-state index contributed by atoms with van der Waals surface area (Å²) in [5.41, 5.74) is -0.862. The number of pyridine rings is 1. The molecule has 0 bridgehead atoms. The van der Waals surface area contributed by atoms with Crippen LogP contribution in [-0.4, -0.2) is 17.2 Å². The SMILES string of the molecule is O=C(c1c(F)ccnc1Cl)C(F)F. The molecule has 0 aromatic carbocycles. The molecule has 0 aliphatic heterocycles. The van der Waals surface area contributed by atoms with Crippen molar-refractivity contribution in [2.75, 3.05) is 0 Å². The van der Waals surface area contributed by atoms with Gasteiger partial charge in [-0.05, 0) is 6.07 Å². The Bertz CT molecular complexity index is 322. The summed E-state index contributed by atoms with van der Waals surface area (Å²) in [5, 5.41) is -0.551. The maximum atomic E-state index is 12.8. The van der Waals surface area contributed by atoms with Crippen molar-refractivity contribution in [3.05, 3.63) is 28.8 Å². The summed E-state index contributed by atoms with van der Waals surface area (Å²) in [7, 11) is 0. The highest BCUT2D eigenvalue weighted by atomic mass is 35.5. The molecule has 6 heteroatoms. The van der Waals surface area contributed by atoms with Gasteiger partial charge in [0.15, 0.2) is 0 Å². The van der Waals surface area contributed by atoms with Crippen molar-refractivity contribution in [2.45, 2.75) is 6.43 Å². The second-order valence-corrected chi connectivity index (χ2v) is 2.48. The number of hydrogen-bond acceptors (Lipinski definition) is 2. The molecule has 0 amide bonds. The molecule has 13 heavy (non-hydrogen) atoms. The molecule has 0 saturated carbocycles. The average molecular weight is 210 g/mol. The van der Waals surface area contributed by atoms with E-state index in [0.717, 1.165) is 12.3 Å². The lowest BCUT2D eigenvalue weighted by molar-refractivity contribution is 0.0674. The van der Waals surface area contributed by atoms with Crippen LogP contribution in [0.15, 0.2) is 12.3 Å². The van der Waals surface area contributed by atoms with Crippen LogP contribution in [0.2, 0.25) is 5.15 Å². The molecule has 0 atom stereocenters. The number of Topliss-reactive ketones (excluding diaryl/α,β-unsaturated/α-hetero) is 1. The monoisotopic (exact) mass is 209 g/mol. The third-order valence-electron chi connectivity index (χ3n) is 1.30. The zero-order chi connectivity index (χ0) is 10.0. The predicted octanol–water partition coefficient (Wildman–Crippen LogP) is 2.32. The van der Waals surface area contributed by atoms with E-state index in [1.807, 2.05) is 0 Å². The van der Waals surface area contributed by atoms with Crippen molar-refractivity contribution >= 4 is 17.4 Å². The molecule has 0 fully saturated rings. The third kappa shape index (κ3) is 1.98. The average Bonchev–Trinajstić information content (AvgIpc) is 2.03. The van der Waals surface area contributed by atoms with Crippen LogP contribution in [0.25, 0.3) is 0 Å². The fraction of sp³-hybridized carbons (Fsp3) is 0.143. The molecule has 0 saturated heterocycles. The Labute approximate surface area is 76.3 Å². The van der Waals surface area contributed by atoms with Crippen LogP contribution in [0.3, 0.4) is 0 Å². The second-order valence-electron chi connectivity index (χ2n) is 2.12. The van der Waals surface area contributed by atoms with Gasteiger partial charge < -0.3 is 0 Å². The number of halogens is 4. The van der Waals surface area contributed by atoms with Gasteiger partial charge >= 0.3 is 6.43 Å². The van der Waals surface area contributed by atoms with E-state index >= 15 is 0 Å². The van der Waals surface area contributed by atoms with Crippen molar-refractivity contribution < 1.29 is 18.0 Å². The van der Waals surface area contributed by atoms with Crippen LogP contribution in [0.4, 0.5) is 13.2 Å². The van der Waals surface area contributed by atoms with Gasteiger partial charge in [0.25, 0.3) is 0 Å². The zero-order valence-corrected chi connectivity index (χ0v) is 6.86. The smallest absolute Gasteiger partial charge is 0.287 e. The highest BCUT2D eigenvalue weighted by Crippen LogP contribution is 2.19. The second kappa shape index (κ2) is 3.74. The Morgan fingerprint density at radius 3 is 2.62 bits per heavy atom. The summed E-state index contributed by atoms with van der Waals surface area (Å²) in [4.78, 5) is 14.0. The van der Waals surface area contributed by atoms with Crippen molar-refractivity contribution in [1.82, 2.24) is 4.98 Å². The van der Waals surface area contributed by atoms with Gasteiger partial charge in [0.1, 0.15) is 11.0 Å². The van der Waals surface area contributed by atoms with Crippen molar-refractivity contribution in [3.63, 3.8) is 0 Å². The molecule has 0 radical (unpaired) electrons. The van der Waals surface area contributed by atoms with Gasteiger partial charge in [-0.3, -0.25) is 4.79 Å². The molecule has 70 valence electrons. The standard InChI is InChI=1S/C7H3ClF3NO/c8-6-4(5(13)7(10)11)3(9)1-2-12-6/h1-2,7H. The lowest BCUT2D eigenvalue weighted by Crippen LogP contribution is -2.13. The summed E-state index contributed by atoms with van der Waals surface area (Å²) < 4.78 is 36.5. The number of carbonyl (C=O) groups is 1. The molecular formula is C7H3ClF3NO. The van der Waals surface area contributed by atoms with Gasteiger partial charge in [-0.25, -0.2) is 18.2 Å². The lowest BCUT2D eigenvalue weighted by atomic mass is 10.2. The number of ketones is 1. The number of nitrogens with zero attached hydrogens (tertiary/aromatic N) is 1. The fourth-order valence-corrected chi connectivity index (χ4v) is 0.983. The largest absolute Gasteiger partial charge is 0.300 e. The highest BCUT2D eigenvalue weighted by Gasteiger charge is 2.24. The van der Waals surface area contributed by atoms with E-state index in [1.165, 1.54) is 0 Å².